The highest BCUT2D eigenvalue weighted by molar-refractivity contribution is 4.67. The van der Waals surface area contributed by atoms with Crippen LogP contribution in [0, 0.1) is 6.54 Å². The van der Waals surface area contributed by atoms with E-state index in [9.17, 15) is 0 Å². The zero-order valence-corrected chi connectivity index (χ0v) is 6.27. The van der Waals surface area contributed by atoms with Crippen molar-refractivity contribution in [1.82, 2.24) is 4.90 Å². The fourth-order valence-corrected chi connectivity index (χ4v) is 1.26. The van der Waals surface area contributed by atoms with Crippen LogP contribution in [-0.2, 0) is 0 Å². The summed E-state index contributed by atoms with van der Waals surface area (Å²) in [7, 11) is 2.17. The van der Waals surface area contributed by atoms with Crippen molar-refractivity contribution in [3.8, 4) is 0 Å². The van der Waals surface area contributed by atoms with E-state index in [0.717, 1.165) is 0 Å². The minimum absolute atomic E-state index is 1.26. The van der Waals surface area contributed by atoms with E-state index in [0.29, 0.717) is 0 Å². The second-order valence-electron chi connectivity index (χ2n) is 2.87. The fourth-order valence-electron chi connectivity index (χ4n) is 1.26. The summed E-state index contributed by atoms with van der Waals surface area (Å²) < 4.78 is 0. The van der Waals surface area contributed by atoms with E-state index in [1.54, 1.807) is 0 Å². The molecule has 0 unspecified atom stereocenters. The van der Waals surface area contributed by atoms with Crippen molar-refractivity contribution < 1.29 is 0 Å². The maximum Gasteiger partial charge on any atom is 0.0248 e. The zero-order valence-electron chi connectivity index (χ0n) is 6.27. The van der Waals surface area contributed by atoms with Crippen LogP contribution in [-0.4, -0.2) is 18.5 Å². The smallest absolute Gasteiger partial charge is 0.0248 e. The molecule has 1 aliphatic heterocycles. The molecule has 9 heavy (non-hydrogen) atoms. The topological polar surface area (TPSA) is 3.24 Å². The third-order valence-corrected chi connectivity index (χ3v) is 1.91. The summed E-state index contributed by atoms with van der Waals surface area (Å²) in [6.45, 7) is 3.58. The molecule has 1 saturated heterocycles. The largest absolute Gasteiger partial charge is 0.302 e. The van der Waals surface area contributed by atoms with Gasteiger partial charge in [-0.2, -0.15) is 0 Å². The molecule has 1 heteroatoms. The van der Waals surface area contributed by atoms with Gasteiger partial charge in [-0.3, -0.25) is 0 Å². The Balaban J connectivity index is 2.12. The van der Waals surface area contributed by atoms with Gasteiger partial charge in [-0.25, -0.2) is 0 Å². The van der Waals surface area contributed by atoms with Gasteiger partial charge in [-0.1, -0.05) is 19.3 Å². The van der Waals surface area contributed by atoms with Gasteiger partial charge in [0.25, 0.3) is 0 Å². The predicted molar refractivity (Wildman–Crippen MR) is 40.0 cm³/mol. The van der Waals surface area contributed by atoms with Crippen LogP contribution in [0.15, 0.2) is 0 Å². The summed E-state index contributed by atoms with van der Waals surface area (Å²) >= 11 is 0. The molecule has 1 rings (SSSR count). The van der Waals surface area contributed by atoms with Crippen molar-refractivity contribution >= 4 is 0 Å². The molecule has 0 aromatic carbocycles. The fraction of sp³-hybridized carbons (Fsp3) is 0.875. The Hall–Kier alpha value is -0.0400. The minimum atomic E-state index is 1.26. The monoisotopic (exact) mass is 126 g/mol. The van der Waals surface area contributed by atoms with Crippen LogP contribution in [0.2, 0.25) is 0 Å². The summed E-state index contributed by atoms with van der Waals surface area (Å²) in [6.07, 6.45) is 6.93. The summed E-state index contributed by atoms with van der Waals surface area (Å²) in [5.41, 5.74) is 0. The van der Waals surface area contributed by atoms with Crippen LogP contribution in [0.1, 0.15) is 32.1 Å². The summed E-state index contributed by atoms with van der Waals surface area (Å²) in [5.74, 6) is 0. The molecule has 1 heterocycles. The third-order valence-electron chi connectivity index (χ3n) is 1.91. The van der Waals surface area contributed by atoms with Crippen LogP contribution < -0.4 is 0 Å². The highest BCUT2D eigenvalue weighted by Gasteiger charge is 2.01. The summed E-state index contributed by atoms with van der Waals surface area (Å²) in [5, 5.41) is 0. The second kappa shape index (κ2) is 3.89. The highest BCUT2D eigenvalue weighted by Crippen LogP contribution is 2.10. The molecule has 1 radical (unpaired) electrons. The lowest BCUT2D eigenvalue weighted by Gasteiger charge is -2.18. The highest BCUT2D eigenvalue weighted by atomic mass is 15.1. The Bertz CT molecular complexity index is 63.0. The molecule has 0 bridgehead atoms. The molecular formula is C8H16N. The summed E-state index contributed by atoms with van der Waals surface area (Å²) in [4.78, 5) is 2.32. The molecule has 0 atom stereocenters. The summed E-state index contributed by atoms with van der Waals surface area (Å²) in [6, 6.07) is 0. The maximum absolute atomic E-state index is 2.32. The van der Waals surface area contributed by atoms with Gasteiger partial charge >= 0.3 is 0 Å². The maximum atomic E-state index is 2.32. The first kappa shape index (κ1) is 7.07. The second-order valence-corrected chi connectivity index (χ2v) is 2.87. The number of rotatable bonds is 0. The first-order chi connectivity index (χ1) is 4.39. The molecule has 0 N–H and O–H groups in total. The first-order valence-corrected chi connectivity index (χ1v) is 3.93. The van der Waals surface area contributed by atoms with Crippen LogP contribution in [0.4, 0.5) is 0 Å². The van der Waals surface area contributed by atoms with E-state index in [-0.39, 0.29) is 0 Å². The van der Waals surface area contributed by atoms with Crippen molar-refractivity contribution in [3.05, 3.63) is 6.54 Å². The molecule has 0 aromatic rings. The molecular weight excluding hydrogens is 110 g/mol. The van der Waals surface area contributed by atoms with Crippen molar-refractivity contribution in [1.29, 1.82) is 0 Å². The van der Waals surface area contributed by atoms with Gasteiger partial charge in [0.1, 0.15) is 0 Å². The number of nitrogens with zero attached hydrogens (tertiary/aromatic N) is 1. The van der Waals surface area contributed by atoms with Gasteiger partial charge in [-0.05, 0) is 26.4 Å². The molecule has 0 saturated carbocycles. The zero-order chi connectivity index (χ0) is 6.53. The van der Waals surface area contributed by atoms with Gasteiger partial charge < -0.3 is 4.90 Å². The Morgan fingerprint density at radius 2 is 1.89 bits per heavy atom. The van der Waals surface area contributed by atoms with Crippen molar-refractivity contribution in [2.75, 3.05) is 13.6 Å². The average molecular weight is 126 g/mol. The van der Waals surface area contributed by atoms with E-state index in [2.05, 4.69) is 18.5 Å². The van der Waals surface area contributed by atoms with Gasteiger partial charge in [0, 0.05) is 6.54 Å². The normalized spacial score (nSPS) is 25.0. The van der Waals surface area contributed by atoms with Crippen LogP contribution in [0.25, 0.3) is 0 Å². The first-order valence-electron chi connectivity index (χ1n) is 3.93. The Labute approximate surface area is 58.0 Å². The van der Waals surface area contributed by atoms with Gasteiger partial charge in [0.2, 0.25) is 0 Å². The van der Waals surface area contributed by atoms with Crippen molar-refractivity contribution in [2.24, 2.45) is 0 Å². The molecule has 53 valence electrons. The number of likely N-dealkylation sites (tertiary alicyclic amines) is 1. The van der Waals surface area contributed by atoms with E-state index in [1.165, 1.54) is 38.6 Å². The van der Waals surface area contributed by atoms with Crippen LogP contribution in [0.3, 0.4) is 0 Å². The molecule has 1 nitrogen and oxygen atoms in total. The van der Waals surface area contributed by atoms with E-state index >= 15 is 0 Å². The average Bonchev–Trinajstić information content (AvgIpc) is 1.79. The molecule has 0 aromatic heterocycles. The van der Waals surface area contributed by atoms with Crippen LogP contribution in [0.5, 0.6) is 0 Å². The van der Waals surface area contributed by atoms with E-state index in [1.807, 2.05) is 0 Å². The third kappa shape index (κ3) is 2.85. The van der Waals surface area contributed by atoms with E-state index in [4.69, 9.17) is 0 Å². The van der Waals surface area contributed by atoms with Gasteiger partial charge in [-0.15, -0.1) is 0 Å². The van der Waals surface area contributed by atoms with Gasteiger partial charge in [0.05, 0.1) is 0 Å². The lowest BCUT2D eigenvalue weighted by atomic mass is 10.1. The minimum Gasteiger partial charge on any atom is -0.302 e. The lowest BCUT2D eigenvalue weighted by molar-refractivity contribution is 0.352. The molecule has 0 amide bonds. The Morgan fingerprint density at radius 3 is 2.78 bits per heavy atom. The standard InChI is InChI=1S/C8H16N/c1-9-7-5-3-2-4-6-8-9/h7H,2-6,8H2,1H3. The predicted octanol–water partition coefficient (Wildman–Crippen LogP) is 2.04. The van der Waals surface area contributed by atoms with Crippen molar-refractivity contribution in [3.63, 3.8) is 0 Å². The van der Waals surface area contributed by atoms with Crippen molar-refractivity contribution in [2.45, 2.75) is 32.1 Å². The Kier molecular flexibility index (Phi) is 3.05. The van der Waals surface area contributed by atoms with Gasteiger partial charge in [0.15, 0.2) is 0 Å². The molecule has 0 aliphatic carbocycles. The number of hydrogen-bond acceptors (Lipinski definition) is 1. The SMILES string of the molecule is CN1[CH]CCCCCC1. The molecule has 1 aliphatic rings. The molecule has 1 fully saturated rings. The lowest BCUT2D eigenvalue weighted by Crippen LogP contribution is -2.17. The number of hydrogen-bond donors (Lipinski definition) is 0. The quantitative estimate of drug-likeness (QED) is 0.480. The Morgan fingerprint density at radius 1 is 1.11 bits per heavy atom. The molecule has 0 spiro atoms. The van der Waals surface area contributed by atoms with E-state index < -0.39 is 0 Å². The van der Waals surface area contributed by atoms with Crippen LogP contribution >= 0.6 is 0 Å².